The molecule has 8 heteroatoms. The number of morpholine rings is 1. The number of hydrogen-bond acceptors (Lipinski definition) is 6. The van der Waals surface area contributed by atoms with Crippen molar-refractivity contribution in [1.82, 2.24) is 19.7 Å². The monoisotopic (exact) mass is 398 g/mol. The first-order chi connectivity index (χ1) is 13.7. The van der Waals surface area contributed by atoms with Gasteiger partial charge in [-0.05, 0) is 25.1 Å². The van der Waals surface area contributed by atoms with Crippen molar-refractivity contribution >= 4 is 17.7 Å². The highest BCUT2D eigenvalue weighted by molar-refractivity contribution is 7.99. The molecular weight excluding hydrogens is 376 g/mol. The molecule has 0 N–H and O–H groups in total. The summed E-state index contributed by atoms with van der Waals surface area (Å²) in [4.78, 5) is 14.3. The molecule has 1 saturated heterocycles. The fourth-order valence-electron chi connectivity index (χ4n) is 3.12. The molecule has 3 heterocycles. The van der Waals surface area contributed by atoms with Crippen LogP contribution in [0.25, 0.3) is 11.4 Å². The number of nitrogens with zero attached hydrogens (tertiary/aromatic N) is 4. The lowest BCUT2D eigenvalue weighted by Gasteiger charge is -2.26. The summed E-state index contributed by atoms with van der Waals surface area (Å²) in [6.07, 6.45) is 1.65. The van der Waals surface area contributed by atoms with Crippen LogP contribution in [-0.4, -0.2) is 57.6 Å². The van der Waals surface area contributed by atoms with Crippen LogP contribution in [0.1, 0.15) is 11.3 Å². The molecule has 28 heavy (non-hydrogen) atoms. The van der Waals surface area contributed by atoms with Gasteiger partial charge in [0, 0.05) is 18.7 Å². The molecule has 0 spiro atoms. The summed E-state index contributed by atoms with van der Waals surface area (Å²) in [6.45, 7) is 5.05. The fraction of sp³-hybridized carbons (Fsp3) is 0.350. The molecule has 0 aliphatic carbocycles. The lowest BCUT2D eigenvalue weighted by atomic mass is 10.1. The number of aromatic nitrogens is 3. The van der Waals surface area contributed by atoms with Crippen LogP contribution in [0.4, 0.5) is 0 Å². The van der Waals surface area contributed by atoms with Crippen LogP contribution in [0, 0.1) is 6.92 Å². The highest BCUT2D eigenvalue weighted by Crippen LogP contribution is 2.26. The van der Waals surface area contributed by atoms with E-state index in [4.69, 9.17) is 9.15 Å². The molecule has 1 aliphatic heterocycles. The third-order valence-electron chi connectivity index (χ3n) is 4.58. The predicted octanol–water partition coefficient (Wildman–Crippen LogP) is 2.85. The molecule has 0 atom stereocenters. The lowest BCUT2D eigenvalue weighted by molar-refractivity contribution is -0.132. The largest absolute Gasteiger partial charge is 0.467 e. The van der Waals surface area contributed by atoms with E-state index in [-0.39, 0.29) is 5.91 Å². The Hall–Kier alpha value is -2.58. The first-order valence-electron chi connectivity index (χ1n) is 9.21. The highest BCUT2D eigenvalue weighted by atomic mass is 32.2. The average Bonchev–Trinajstić information content (AvgIpc) is 3.37. The third-order valence-corrected chi connectivity index (χ3v) is 5.53. The van der Waals surface area contributed by atoms with Gasteiger partial charge in [-0.2, -0.15) is 0 Å². The van der Waals surface area contributed by atoms with Gasteiger partial charge in [-0.25, -0.2) is 0 Å². The van der Waals surface area contributed by atoms with E-state index in [0.717, 1.165) is 22.7 Å². The molecule has 1 amide bonds. The van der Waals surface area contributed by atoms with Crippen LogP contribution < -0.4 is 0 Å². The van der Waals surface area contributed by atoms with Crippen LogP contribution in [0.15, 0.2) is 52.2 Å². The number of carbonyl (C=O) groups is 1. The summed E-state index contributed by atoms with van der Waals surface area (Å²) in [6, 6.07) is 11.9. The number of benzene rings is 1. The summed E-state index contributed by atoms with van der Waals surface area (Å²) in [5.41, 5.74) is 2.15. The minimum absolute atomic E-state index is 0.0953. The zero-order chi connectivity index (χ0) is 19.3. The van der Waals surface area contributed by atoms with Crippen molar-refractivity contribution < 1.29 is 13.9 Å². The minimum atomic E-state index is 0.0953. The van der Waals surface area contributed by atoms with Crippen molar-refractivity contribution in [3.8, 4) is 11.4 Å². The molecule has 0 saturated carbocycles. The average molecular weight is 398 g/mol. The van der Waals surface area contributed by atoms with Crippen LogP contribution >= 0.6 is 11.8 Å². The summed E-state index contributed by atoms with van der Waals surface area (Å²) in [7, 11) is 0. The van der Waals surface area contributed by atoms with Crippen molar-refractivity contribution in [2.45, 2.75) is 18.6 Å². The van der Waals surface area contributed by atoms with Gasteiger partial charge in [-0.3, -0.25) is 9.36 Å². The molecule has 4 rings (SSSR count). The Labute approximate surface area is 167 Å². The van der Waals surface area contributed by atoms with Gasteiger partial charge in [0.1, 0.15) is 5.76 Å². The SMILES string of the molecule is Cc1cccc(-c2nnc(SCC(=O)N3CCOCC3)n2Cc2ccco2)c1. The van der Waals surface area contributed by atoms with Gasteiger partial charge < -0.3 is 14.1 Å². The second-order valence-corrected chi connectivity index (χ2v) is 7.57. The maximum absolute atomic E-state index is 12.5. The number of hydrogen-bond donors (Lipinski definition) is 0. The Morgan fingerprint density at radius 3 is 2.79 bits per heavy atom. The first-order valence-corrected chi connectivity index (χ1v) is 10.2. The van der Waals surface area contributed by atoms with Gasteiger partial charge in [0.05, 0.1) is 31.8 Å². The standard InChI is InChI=1S/C20H22N4O3S/c1-15-4-2-5-16(12-15)19-21-22-20(24(19)13-17-6-3-9-27-17)28-14-18(25)23-7-10-26-11-8-23/h2-6,9,12H,7-8,10-11,13-14H2,1H3. The van der Waals surface area contributed by atoms with Gasteiger partial charge in [0.25, 0.3) is 0 Å². The number of furan rings is 1. The third kappa shape index (κ3) is 4.28. The van der Waals surface area contributed by atoms with Crippen LogP contribution in [0.3, 0.4) is 0 Å². The Balaban J connectivity index is 1.56. The Morgan fingerprint density at radius 1 is 1.18 bits per heavy atom. The maximum atomic E-state index is 12.5. The van der Waals surface area contributed by atoms with E-state index in [1.165, 1.54) is 11.8 Å². The fourth-order valence-corrected chi connectivity index (χ4v) is 3.96. The van der Waals surface area contributed by atoms with Crippen molar-refractivity contribution in [2.75, 3.05) is 32.1 Å². The molecule has 0 bridgehead atoms. The van der Waals surface area contributed by atoms with Crippen LogP contribution in [0.5, 0.6) is 0 Å². The summed E-state index contributed by atoms with van der Waals surface area (Å²) < 4.78 is 12.8. The molecule has 0 radical (unpaired) electrons. The Morgan fingerprint density at radius 2 is 2.04 bits per heavy atom. The number of rotatable bonds is 6. The molecule has 146 valence electrons. The quantitative estimate of drug-likeness (QED) is 0.595. The smallest absolute Gasteiger partial charge is 0.233 e. The van der Waals surface area contributed by atoms with Crippen molar-refractivity contribution in [3.05, 3.63) is 54.0 Å². The molecule has 1 aromatic carbocycles. The summed E-state index contributed by atoms with van der Waals surface area (Å²) in [5, 5.41) is 9.47. The highest BCUT2D eigenvalue weighted by Gasteiger charge is 2.20. The van der Waals surface area contributed by atoms with E-state index in [1.807, 2.05) is 46.7 Å². The van der Waals surface area contributed by atoms with Crippen molar-refractivity contribution in [3.63, 3.8) is 0 Å². The van der Waals surface area contributed by atoms with E-state index in [1.54, 1.807) is 6.26 Å². The topological polar surface area (TPSA) is 73.4 Å². The zero-order valence-corrected chi connectivity index (χ0v) is 16.5. The molecule has 0 unspecified atom stereocenters. The van der Waals surface area contributed by atoms with Crippen LogP contribution in [0.2, 0.25) is 0 Å². The van der Waals surface area contributed by atoms with E-state index in [2.05, 4.69) is 16.3 Å². The lowest BCUT2D eigenvalue weighted by Crippen LogP contribution is -2.41. The second kappa shape index (κ2) is 8.62. The zero-order valence-electron chi connectivity index (χ0n) is 15.7. The number of aryl methyl sites for hydroxylation is 1. The molecule has 7 nitrogen and oxygen atoms in total. The van der Waals surface area contributed by atoms with Crippen molar-refractivity contribution in [1.29, 1.82) is 0 Å². The molecule has 3 aromatic rings. The number of carbonyl (C=O) groups excluding carboxylic acids is 1. The number of ether oxygens (including phenoxy) is 1. The number of thioether (sulfide) groups is 1. The van der Waals surface area contributed by atoms with Gasteiger partial charge in [0.15, 0.2) is 11.0 Å². The van der Waals surface area contributed by atoms with Gasteiger partial charge in [-0.15, -0.1) is 10.2 Å². The van der Waals surface area contributed by atoms with Gasteiger partial charge >= 0.3 is 0 Å². The molecule has 1 fully saturated rings. The summed E-state index contributed by atoms with van der Waals surface area (Å²) in [5.74, 6) is 2.00. The molecular formula is C20H22N4O3S. The van der Waals surface area contributed by atoms with Crippen LogP contribution in [-0.2, 0) is 16.1 Å². The molecule has 1 aliphatic rings. The Kier molecular flexibility index (Phi) is 5.78. The van der Waals surface area contributed by atoms with Crippen molar-refractivity contribution in [2.24, 2.45) is 0 Å². The Bertz CT molecular complexity index is 933. The van der Waals surface area contributed by atoms with Gasteiger partial charge in [-0.1, -0.05) is 35.5 Å². The van der Waals surface area contributed by atoms with E-state index < -0.39 is 0 Å². The maximum Gasteiger partial charge on any atom is 0.233 e. The van der Waals surface area contributed by atoms with E-state index >= 15 is 0 Å². The summed E-state index contributed by atoms with van der Waals surface area (Å²) >= 11 is 1.41. The predicted molar refractivity (Wildman–Crippen MR) is 106 cm³/mol. The first kappa shape index (κ1) is 18.8. The second-order valence-electron chi connectivity index (χ2n) is 6.62. The minimum Gasteiger partial charge on any atom is -0.467 e. The van der Waals surface area contributed by atoms with E-state index in [9.17, 15) is 4.79 Å². The van der Waals surface area contributed by atoms with E-state index in [0.29, 0.717) is 43.8 Å². The molecule has 2 aromatic heterocycles. The van der Waals surface area contributed by atoms with Gasteiger partial charge in [0.2, 0.25) is 5.91 Å². The number of amides is 1. The normalized spacial score (nSPS) is 14.4.